The van der Waals surface area contributed by atoms with E-state index in [1.54, 1.807) is 6.20 Å². The molecule has 5 rings (SSSR count). The van der Waals surface area contributed by atoms with Crippen molar-refractivity contribution in [3.8, 4) is 17.7 Å². The first kappa shape index (κ1) is 19.5. The van der Waals surface area contributed by atoms with E-state index in [4.69, 9.17) is 14.5 Å². The summed E-state index contributed by atoms with van der Waals surface area (Å²) in [5.74, 6) is 8.29. The molecule has 0 aromatic carbocycles. The molecule has 0 radical (unpaired) electrons. The van der Waals surface area contributed by atoms with Crippen LogP contribution >= 0.6 is 0 Å². The van der Waals surface area contributed by atoms with Crippen LogP contribution in [0, 0.1) is 23.7 Å². The van der Waals surface area contributed by atoms with Gasteiger partial charge in [-0.15, -0.1) is 0 Å². The second-order valence-electron chi connectivity index (χ2n) is 8.33. The van der Waals surface area contributed by atoms with Crippen molar-refractivity contribution in [2.24, 2.45) is 16.8 Å². The van der Waals surface area contributed by atoms with Crippen LogP contribution in [-0.2, 0) is 9.47 Å². The fourth-order valence-electron chi connectivity index (χ4n) is 4.54. The van der Waals surface area contributed by atoms with Crippen LogP contribution < -0.4 is 10.7 Å². The van der Waals surface area contributed by atoms with Crippen LogP contribution in [0.3, 0.4) is 0 Å². The van der Waals surface area contributed by atoms with E-state index in [2.05, 4.69) is 45.9 Å². The Hall–Kier alpha value is -2.47. The van der Waals surface area contributed by atoms with Crippen molar-refractivity contribution < 1.29 is 9.47 Å². The maximum atomic E-state index is 5.67. The summed E-state index contributed by atoms with van der Waals surface area (Å²) in [6.45, 7) is 8.33. The molecule has 8 nitrogen and oxygen atoms in total. The molecule has 5 heterocycles. The molecule has 3 aliphatic heterocycles. The average Bonchev–Trinajstić information content (AvgIpc) is 3.44. The lowest BCUT2D eigenvalue weighted by Gasteiger charge is -2.40. The van der Waals surface area contributed by atoms with Crippen LogP contribution in [0.2, 0.25) is 0 Å². The largest absolute Gasteiger partial charge is 0.380 e. The molecule has 2 saturated heterocycles. The smallest absolute Gasteiger partial charge is 0.162 e. The number of hydrogen-bond acceptors (Lipinski definition) is 6. The van der Waals surface area contributed by atoms with Gasteiger partial charge in [0.2, 0.25) is 0 Å². The molecule has 2 fully saturated rings. The van der Waals surface area contributed by atoms with E-state index in [9.17, 15) is 0 Å². The molecule has 4 atom stereocenters. The number of nitrogens with one attached hydrogen (secondary N) is 1. The van der Waals surface area contributed by atoms with E-state index in [0.29, 0.717) is 12.0 Å². The minimum Gasteiger partial charge on any atom is -0.380 e. The van der Waals surface area contributed by atoms with Crippen LogP contribution in [0.25, 0.3) is 11.4 Å². The first-order chi connectivity index (χ1) is 14.7. The van der Waals surface area contributed by atoms with E-state index in [1.165, 1.54) is 0 Å². The van der Waals surface area contributed by atoms with Crippen LogP contribution in [0.15, 0.2) is 23.5 Å². The monoisotopic (exact) mass is 408 g/mol. The highest BCUT2D eigenvalue weighted by atomic mass is 16.5. The van der Waals surface area contributed by atoms with Crippen LogP contribution in [0.5, 0.6) is 0 Å². The van der Waals surface area contributed by atoms with Crippen LogP contribution in [-0.4, -0.2) is 70.1 Å². The molecule has 2 aromatic heterocycles. The number of nitrogens with zero attached hydrogens (tertiary/aromatic N) is 5. The molecule has 30 heavy (non-hydrogen) atoms. The Morgan fingerprint density at radius 1 is 1.20 bits per heavy atom. The van der Waals surface area contributed by atoms with Crippen molar-refractivity contribution in [1.29, 1.82) is 0 Å². The Kier molecular flexibility index (Phi) is 5.42. The summed E-state index contributed by atoms with van der Waals surface area (Å²) in [6, 6.07) is 2.21. The number of H-pyrrole nitrogens is 1. The molecule has 158 valence electrons. The summed E-state index contributed by atoms with van der Waals surface area (Å²) >= 11 is 0. The Morgan fingerprint density at radius 3 is 2.87 bits per heavy atom. The molecule has 0 saturated carbocycles. The standard InChI is InChI=1S/C22H28N6O2/c1-15-13-30-11-9-27(15)21-16(2)18(6-5-17-4-3-10-29-14-17)19-12-24-28(22(19)25-21)20-7-8-23-26-20/h7-8,12,15-17,21H,3-4,9-11,13-14H2,1-2H3,(H,23,26)/t15-,16?,17?,21?/m1/s1. The zero-order chi connectivity index (χ0) is 20.5. The number of aromatic amines is 1. The minimum atomic E-state index is 0.00155. The van der Waals surface area contributed by atoms with E-state index in [-0.39, 0.29) is 12.1 Å². The highest BCUT2D eigenvalue weighted by molar-refractivity contribution is 5.66. The van der Waals surface area contributed by atoms with Crippen molar-refractivity contribution in [2.75, 3.05) is 33.0 Å². The predicted molar refractivity (Wildman–Crippen MR) is 111 cm³/mol. The van der Waals surface area contributed by atoms with Gasteiger partial charge in [-0.3, -0.25) is 10.00 Å². The first-order valence-electron chi connectivity index (χ1n) is 10.8. The fourth-order valence-corrected chi connectivity index (χ4v) is 4.54. The third kappa shape index (κ3) is 3.58. The van der Waals surface area contributed by atoms with Crippen molar-refractivity contribution in [3.05, 3.63) is 29.2 Å². The van der Waals surface area contributed by atoms with Crippen molar-refractivity contribution in [2.45, 2.75) is 38.9 Å². The lowest BCUT2D eigenvalue weighted by molar-refractivity contribution is -0.0277. The normalized spacial score (nSPS) is 29.6. The second-order valence-corrected chi connectivity index (χ2v) is 8.33. The van der Waals surface area contributed by atoms with Crippen molar-refractivity contribution in [3.63, 3.8) is 0 Å². The topological polar surface area (TPSA) is 80.6 Å². The summed E-state index contributed by atoms with van der Waals surface area (Å²) in [5.41, 5.74) is 1.95. The zero-order valence-electron chi connectivity index (χ0n) is 17.5. The molecular formula is C22H28N6O2. The summed E-state index contributed by atoms with van der Waals surface area (Å²) in [7, 11) is 0. The molecule has 0 spiro atoms. The Labute approximate surface area is 176 Å². The van der Waals surface area contributed by atoms with Gasteiger partial charge in [0.1, 0.15) is 6.17 Å². The van der Waals surface area contributed by atoms with Gasteiger partial charge in [0.05, 0.1) is 37.4 Å². The molecule has 0 amide bonds. The molecule has 3 unspecified atom stereocenters. The van der Waals surface area contributed by atoms with Crippen LogP contribution in [0.1, 0.15) is 26.7 Å². The molecule has 1 N–H and O–H groups in total. The van der Waals surface area contributed by atoms with Gasteiger partial charge < -0.3 is 9.47 Å². The zero-order valence-corrected chi connectivity index (χ0v) is 17.5. The molecule has 0 aliphatic carbocycles. The summed E-state index contributed by atoms with van der Waals surface area (Å²) < 4.78 is 13.1. The number of hydrogen-bond donors (Lipinski definition) is 1. The maximum Gasteiger partial charge on any atom is 0.162 e. The molecule has 3 aliphatic rings. The second kappa shape index (κ2) is 8.34. The number of ether oxygens (including phenoxy) is 2. The van der Waals surface area contributed by atoms with E-state index in [0.717, 1.165) is 67.9 Å². The summed E-state index contributed by atoms with van der Waals surface area (Å²) in [5, 5.41) is 12.7. The third-order valence-corrected chi connectivity index (χ3v) is 6.24. The Morgan fingerprint density at radius 2 is 2.10 bits per heavy atom. The molecule has 2 aromatic rings. The number of aromatic nitrogens is 4. The number of fused-ring (bicyclic) bond motifs is 1. The molecule has 8 heteroatoms. The Bertz CT molecular complexity index is 1060. The highest BCUT2D eigenvalue weighted by Crippen LogP contribution is 2.25. The van der Waals surface area contributed by atoms with E-state index >= 15 is 0 Å². The van der Waals surface area contributed by atoms with Gasteiger partial charge in [-0.25, -0.2) is 4.99 Å². The molecular weight excluding hydrogens is 380 g/mol. The van der Waals surface area contributed by atoms with Gasteiger partial charge in [0, 0.05) is 42.7 Å². The van der Waals surface area contributed by atoms with Crippen molar-refractivity contribution in [1.82, 2.24) is 24.9 Å². The van der Waals surface area contributed by atoms with E-state index < -0.39 is 0 Å². The third-order valence-electron chi connectivity index (χ3n) is 6.24. The number of morpholine rings is 1. The average molecular weight is 409 g/mol. The minimum absolute atomic E-state index is 0.00155. The van der Waals surface area contributed by atoms with Gasteiger partial charge >= 0.3 is 0 Å². The van der Waals surface area contributed by atoms with Gasteiger partial charge in [-0.05, 0) is 19.8 Å². The highest BCUT2D eigenvalue weighted by Gasteiger charge is 2.34. The predicted octanol–water partition coefficient (Wildman–Crippen LogP) is 0.492. The Balaban J connectivity index is 1.61. The number of rotatable bonds is 2. The van der Waals surface area contributed by atoms with E-state index in [1.807, 2.05) is 16.9 Å². The SMILES string of the molecule is CC1C(C#CC2CCCOC2)=c2cnn(-c3ccn[nH]3)c2=NC1N1CCOC[C@H]1C. The summed E-state index contributed by atoms with van der Waals surface area (Å²) in [4.78, 5) is 7.61. The lowest BCUT2D eigenvalue weighted by atomic mass is 9.92. The van der Waals surface area contributed by atoms with Gasteiger partial charge in [-0.2, -0.15) is 14.9 Å². The van der Waals surface area contributed by atoms with Crippen molar-refractivity contribution >= 4 is 5.57 Å². The lowest BCUT2D eigenvalue weighted by Crippen LogP contribution is -2.54. The summed E-state index contributed by atoms with van der Waals surface area (Å²) in [6.07, 6.45) is 5.79. The first-order valence-corrected chi connectivity index (χ1v) is 10.8. The van der Waals surface area contributed by atoms with Crippen LogP contribution in [0.4, 0.5) is 0 Å². The van der Waals surface area contributed by atoms with Gasteiger partial charge in [0.25, 0.3) is 0 Å². The fraction of sp³-hybridized carbons (Fsp3) is 0.591. The van der Waals surface area contributed by atoms with Gasteiger partial charge in [-0.1, -0.05) is 18.8 Å². The van der Waals surface area contributed by atoms with Gasteiger partial charge in [0.15, 0.2) is 11.3 Å². The molecule has 0 bridgehead atoms. The quantitative estimate of drug-likeness (QED) is 0.732. The maximum absolute atomic E-state index is 5.67.